The fourth-order valence-electron chi connectivity index (χ4n) is 16.6. The highest BCUT2D eigenvalue weighted by Gasteiger charge is 2.62. The number of Topliss-reactive ketones (excluding diaryl/α,β-unsaturated/α-hetero) is 4. The number of benzene rings is 2. The number of carbonyl (C=O) groups excluding carboxylic acids is 11. The third-order valence-corrected chi connectivity index (χ3v) is 26.0. The Kier molecular flexibility index (Phi) is 37.3. The molecule has 0 saturated carbocycles. The first-order valence-corrected chi connectivity index (χ1v) is 43.5. The number of methoxy groups -OCH3 is 2. The van der Waals surface area contributed by atoms with Crippen molar-refractivity contribution in [2.45, 2.75) is 226 Å². The zero-order chi connectivity index (χ0) is 87.2. The van der Waals surface area contributed by atoms with Gasteiger partial charge in [0.25, 0.3) is 11.8 Å². The Morgan fingerprint density at radius 2 is 1.47 bits per heavy atom. The van der Waals surface area contributed by atoms with Gasteiger partial charge in [0.2, 0.25) is 17.7 Å². The number of likely N-dealkylation sites (tertiary alicyclic amines) is 1. The molecule has 5 aliphatic rings. The molecule has 3 fully saturated rings. The molecule has 31 heteroatoms. The number of fused-ring (bicyclic) bond motifs is 5. The van der Waals surface area contributed by atoms with Gasteiger partial charge in [-0.3, -0.25) is 58.2 Å². The summed E-state index contributed by atoms with van der Waals surface area (Å²) in [5, 5.41) is 40.7. The molecule has 118 heavy (non-hydrogen) atoms. The number of hydrogen-bond donors (Lipinski definition) is 4. The Balaban J connectivity index is 0.969. The van der Waals surface area contributed by atoms with Crippen molar-refractivity contribution >= 4 is 112 Å². The van der Waals surface area contributed by atoms with E-state index in [1.165, 1.54) is 72.2 Å². The molecule has 3 saturated heterocycles. The topological polar surface area (TPSA) is 350 Å². The number of carboxylic acid groups (broad SMARTS) is 1. The second-order valence-electron chi connectivity index (χ2n) is 33.2. The average molecular weight is 1700 g/mol. The number of thioether (sulfide) groups is 2. The molecule has 0 aromatic heterocycles. The van der Waals surface area contributed by atoms with Crippen LogP contribution in [0.15, 0.2) is 89.2 Å². The zero-order valence-electron chi connectivity index (χ0n) is 71.4. The van der Waals surface area contributed by atoms with Gasteiger partial charge in [-0.1, -0.05) is 127 Å². The van der Waals surface area contributed by atoms with Crippen LogP contribution in [0.2, 0.25) is 5.02 Å². The third-order valence-electron chi connectivity index (χ3n) is 23.8. The zero-order valence-corrected chi connectivity index (χ0v) is 73.8. The minimum absolute atomic E-state index is 0.0167. The minimum Gasteiger partial charge on any atom is -0.481 e. The van der Waals surface area contributed by atoms with Crippen LogP contribution in [-0.2, 0) is 84.5 Å². The van der Waals surface area contributed by atoms with Crippen molar-refractivity contribution < 1.29 is 96.5 Å². The number of nitrogens with zero attached hydrogens (tertiary/aromatic N) is 7. The number of halogens is 1. The van der Waals surface area contributed by atoms with Crippen LogP contribution >= 0.6 is 35.1 Å². The molecule has 652 valence electrons. The van der Waals surface area contributed by atoms with E-state index in [-0.39, 0.29) is 118 Å². The van der Waals surface area contributed by atoms with E-state index < -0.39 is 157 Å². The van der Waals surface area contributed by atoms with Gasteiger partial charge in [-0.2, -0.15) is 0 Å². The lowest BCUT2D eigenvalue weighted by Crippen LogP contribution is -2.60. The molecule has 15 atom stereocenters. The van der Waals surface area contributed by atoms with Crippen LogP contribution < -0.4 is 10.2 Å². The highest BCUT2D eigenvalue weighted by Crippen LogP contribution is 2.47. The van der Waals surface area contributed by atoms with E-state index in [2.05, 4.69) is 5.32 Å². The summed E-state index contributed by atoms with van der Waals surface area (Å²) in [5.41, 5.74) is 0.397. The second-order valence-corrected chi connectivity index (χ2v) is 35.7. The number of anilines is 1. The van der Waals surface area contributed by atoms with E-state index in [0.717, 1.165) is 26.7 Å². The van der Waals surface area contributed by atoms with Crippen molar-refractivity contribution in [1.29, 1.82) is 0 Å². The minimum atomic E-state index is -1.92. The van der Waals surface area contributed by atoms with Crippen LogP contribution in [0, 0.1) is 48.3 Å². The van der Waals surface area contributed by atoms with E-state index in [9.17, 15) is 68.1 Å². The van der Waals surface area contributed by atoms with Crippen molar-refractivity contribution in [3.8, 4) is 0 Å². The van der Waals surface area contributed by atoms with E-state index in [4.69, 9.17) is 35.3 Å². The number of allylic oxidation sites excluding steroid dienone is 3. The molecule has 3 unspecified atom stereocenters. The summed E-state index contributed by atoms with van der Waals surface area (Å²) in [6.07, 6.45) is 2.79. The number of rotatable bonds is 37. The predicted octanol–water partition coefficient (Wildman–Crippen LogP) is 10.6. The number of ether oxygens (including phenoxy) is 5. The largest absolute Gasteiger partial charge is 0.481 e. The summed E-state index contributed by atoms with van der Waals surface area (Å²) in [5.74, 6) is -9.11. The molecule has 0 aliphatic carbocycles. The van der Waals surface area contributed by atoms with Crippen molar-refractivity contribution in [3.05, 3.63) is 111 Å². The van der Waals surface area contributed by atoms with Crippen molar-refractivity contribution in [3.63, 3.8) is 0 Å². The Hall–Kier alpha value is -7.81. The number of epoxide rings is 1. The maximum atomic E-state index is 15.1. The number of hydrogen-bond acceptors (Lipinski definition) is 22. The van der Waals surface area contributed by atoms with Gasteiger partial charge in [0.15, 0.2) is 23.1 Å². The Bertz CT molecular complexity index is 3990. The number of nitrogens with one attached hydrogen (secondary N) is 1. The standard InChI is InChI=1S/C87H125ClN8O20S2/c1-17-56(7)80(71(112-15)46-77(105)94-36-24-31-67(94)81(113-16)58(9)69(100)43-61(83(107)108)41-59-26-19-18-20-27-59)93(14)82(106)66(53(2)3)45-70(101)79(54(4)5)90(11)34-22-29-63(98)49-95-74(102)32-37-117-52-118-38-33-75(103)96(95)50-64(99)30-23-35-91(12)85(110)115-72-47-76(104)92(13)68-42-60(40-57(8)78(68)88)39-55(6)25-21-28-62(51-97)87(111)48-65(114-84(109)89-87)44-73-86(72,10)116-73/h18-21,25-28,32-33,37-38,40,42,53-54,56,58,61-62,65-67,71-73,79-81,97,111H,17,22-24,29-31,34-36,39,41,43-52H2,1-16H3,(H,89,109)(H,107,108)/b28-21+,37-32+,38-33+,55-25+/t56?,58-,61+,62-,65?,66-,67-,71?,72-,73-,79-,80-,81+,86+,87-/m0/s1. The third kappa shape index (κ3) is 26.4. The molecular formula is C87H125ClN8O20S2. The van der Waals surface area contributed by atoms with Crippen LogP contribution in [0.4, 0.5) is 15.3 Å². The lowest BCUT2D eigenvalue weighted by Gasteiger charge is -2.41. The molecule has 5 heterocycles. The van der Waals surface area contributed by atoms with Crippen LogP contribution in [0.3, 0.4) is 0 Å². The van der Waals surface area contributed by atoms with E-state index in [1.807, 2.05) is 103 Å². The second kappa shape index (κ2) is 45.2. The number of likely N-dealkylation sites (N-methyl/N-ethyl adjacent to an activating group) is 2. The summed E-state index contributed by atoms with van der Waals surface area (Å²) in [7, 11) is 9.46. The Labute approximate surface area is 708 Å². The maximum Gasteiger partial charge on any atom is 0.409 e. The van der Waals surface area contributed by atoms with Crippen LogP contribution in [0.1, 0.15) is 162 Å². The monoisotopic (exact) mass is 1700 g/mol. The van der Waals surface area contributed by atoms with Gasteiger partial charge < -0.3 is 58.6 Å². The highest BCUT2D eigenvalue weighted by atomic mass is 35.5. The van der Waals surface area contributed by atoms with Gasteiger partial charge in [-0.05, 0) is 124 Å². The normalized spacial score (nSPS) is 24.8. The van der Waals surface area contributed by atoms with Gasteiger partial charge in [-0.25, -0.2) is 19.6 Å². The summed E-state index contributed by atoms with van der Waals surface area (Å²) in [4.78, 5) is 177. The first-order valence-electron chi connectivity index (χ1n) is 41.0. The number of aliphatic carboxylic acids is 1. The van der Waals surface area contributed by atoms with Crippen molar-refractivity contribution in [1.82, 2.24) is 34.9 Å². The van der Waals surface area contributed by atoms with Gasteiger partial charge in [-0.15, -0.1) is 23.5 Å². The number of aliphatic hydroxyl groups is 2. The van der Waals surface area contributed by atoms with E-state index >= 15 is 4.79 Å². The molecule has 0 spiro atoms. The first-order chi connectivity index (χ1) is 55.8. The lowest BCUT2D eigenvalue weighted by molar-refractivity contribution is -0.161. The van der Waals surface area contributed by atoms with Crippen LogP contribution in [0.25, 0.3) is 0 Å². The summed E-state index contributed by atoms with van der Waals surface area (Å²) >= 11 is 9.45. The highest BCUT2D eigenvalue weighted by molar-refractivity contribution is 8.18. The maximum absolute atomic E-state index is 15.1. The van der Waals surface area contributed by atoms with Crippen LogP contribution in [0.5, 0.6) is 0 Å². The number of carbonyl (C=O) groups is 12. The van der Waals surface area contributed by atoms with E-state index in [0.29, 0.717) is 53.6 Å². The smallest absolute Gasteiger partial charge is 0.409 e. The molecule has 7 rings (SSSR count). The quantitative estimate of drug-likeness (QED) is 0.0457. The predicted molar refractivity (Wildman–Crippen MR) is 452 cm³/mol. The number of amides is 7. The molecule has 2 aromatic carbocycles. The molecule has 0 radical (unpaired) electrons. The molecule has 4 N–H and O–H groups in total. The molecule has 5 aliphatic heterocycles. The summed E-state index contributed by atoms with van der Waals surface area (Å²) in [6, 6.07) is 11.1. The van der Waals surface area contributed by atoms with Gasteiger partial charge >= 0.3 is 18.2 Å². The van der Waals surface area contributed by atoms with E-state index in [1.54, 1.807) is 68.4 Å². The number of ketones is 4. The SMILES string of the molecule is CCC(C)[C@@H](C(CC(=O)N1CCC[C@H]1[C@H](OC)[C@@H](C)C(=O)C[C@@H](Cc1ccccc1)C(=O)O)OC)N(C)C(=O)[C@@H](CC(=O)[C@H](C(C)C)N(C)CCCC(=O)CN1C(=O)/C=C/SCS/C=C/C(=O)N1CC(=O)CCCN(C)C(=O)O[C@H]1CC(=O)N(C)c2cc(cc(C)c2Cl)C/C(C)=C/C=C/[C@@H](CO)[C@@]2(O)CC(C[C@@H]3O[C@]13C)OC(=O)N2)C(C)C. The average Bonchev–Trinajstić information content (AvgIpc) is 1.58. The first kappa shape index (κ1) is 97.3. The number of alkyl carbamates (subject to hydrolysis) is 1. The van der Waals surface area contributed by atoms with Crippen LogP contribution in [-0.4, -0.2) is 263 Å². The van der Waals surface area contributed by atoms with Crippen molar-refractivity contribution in [2.75, 3.05) is 91.7 Å². The fourth-order valence-corrected chi connectivity index (χ4v) is 18.2. The molecule has 2 aromatic rings. The molecular weight excluding hydrogens is 1580 g/mol. The molecule has 7 amide bonds. The Morgan fingerprint density at radius 3 is 2.05 bits per heavy atom. The van der Waals surface area contributed by atoms with Gasteiger partial charge in [0.1, 0.15) is 36.7 Å². The Morgan fingerprint density at radius 1 is 0.831 bits per heavy atom. The van der Waals surface area contributed by atoms with Gasteiger partial charge in [0, 0.05) is 122 Å². The summed E-state index contributed by atoms with van der Waals surface area (Å²) in [6.45, 7) is 17.5. The molecule has 4 bridgehead atoms. The number of hydrazine groups is 1. The fraction of sp³-hybridized carbons (Fsp3) is 0.632. The number of aliphatic hydroxyl groups excluding tert-OH is 1. The molecule has 28 nitrogen and oxygen atoms in total. The number of aryl methyl sites for hydroxylation is 1. The van der Waals surface area contributed by atoms with Crippen molar-refractivity contribution in [2.24, 2.45) is 41.4 Å². The lowest BCUT2D eigenvalue weighted by atomic mass is 9.83. The summed E-state index contributed by atoms with van der Waals surface area (Å²) < 4.78 is 30.2. The number of carboxylic acids is 1. The van der Waals surface area contributed by atoms with Gasteiger partial charge in [0.05, 0.1) is 72.5 Å².